The van der Waals surface area contributed by atoms with Crippen molar-refractivity contribution in [2.24, 2.45) is 11.7 Å². The normalized spacial score (nSPS) is 13.0. The second-order valence-electron chi connectivity index (χ2n) is 4.99. The van der Waals surface area contributed by atoms with Crippen molar-refractivity contribution in [1.82, 2.24) is 4.98 Å². The van der Waals surface area contributed by atoms with Crippen LogP contribution in [-0.4, -0.2) is 11.5 Å². The van der Waals surface area contributed by atoms with Gasteiger partial charge in [-0.25, -0.2) is 4.98 Å². The van der Waals surface area contributed by atoms with E-state index in [1.54, 1.807) is 11.3 Å². The smallest absolute Gasteiger partial charge is 0.0938 e. The maximum atomic E-state index is 6.00. The molecule has 0 fully saturated rings. The van der Waals surface area contributed by atoms with Gasteiger partial charge in [-0.1, -0.05) is 31.4 Å². The fourth-order valence-electron chi connectivity index (χ4n) is 2.46. The first-order chi connectivity index (χ1) is 9.22. The number of nitrogens with zero attached hydrogens (tertiary/aromatic N) is 1. The highest BCUT2D eigenvalue weighted by Gasteiger charge is 2.10. The molecule has 2 rings (SSSR count). The molecule has 2 N–H and O–H groups in total. The summed E-state index contributed by atoms with van der Waals surface area (Å²) in [5, 5.41) is 2.00. The van der Waals surface area contributed by atoms with E-state index in [4.69, 9.17) is 17.3 Å². The molecular formula is C15H21ClN2S. The molecule has 2 aromatic rings. The minimum atomic E-state index is 0.741. The molecular weight excluding hydrogens is 276 g/mol. The van der Waals surface area contributed by atoms with Gasteiger partial charge in [0, 0.05) is 5.02 Å². The highest BCUT2D eigenvalue weighted by molar-refractivity contribution is 7.18. The highest BCUT2D eigenvalue weighted by atomic mass is 35.5. The topological polar surface area (TPSA) is 38.9 Å². The largest absolute Gasteiger partial charge is 0.330 e. The van der Waals surface area contributed by atoms with Crippen molar-refractivity contribution in [3.8, 4) is 0 Å². The van der Waals surface area contributed by atoms with Gasteiger partial charge in [-0.15, -0.1) is 11.3 Å². The summed E-state index contributed by atoms with van der Waals surface area (Å²) in [7, 11) is 0. The molecule has 0 saturated carbocycles. The number of benzene rings is 1. The van der Waals surface area contributed by atoms with Crippen LogP contribution < -0.4 is 5.73 Å². The zero-order valence-electron chi connectivity index (χ0n) is 11.4. The Morgan fingerprint density at radius 1 is 1.32 bits per heavy atom. The van der Waals surface area contributed by atoms with Gasteiger partial charge in [-0.3, -0.25) is 0 Å². The zero-order valence-corrected chi connectivity index (χ0v) is 12.9. The van der Waals surface area contributed by atoms with Crippen LogP contribution in [0.15, 0.2) is 18.2 Å². The summed E-state index contributed by atoms with van der Waals surface area (Å²) in [6.45, 7) is 3.03. The highest BCUT2D eigenvalue weighted by Crippen LogP contribution is 2.27. The molecule has 0 bridgehead atoms. The maximum Gasteiger partial charge on any atom is 0.0938 e. The minimum absolute atomic E-state index is 0.741. The van der Waals surface area contributed by atoms with Gasteiger partial charge in [0.1, 0.15) is 0 Å². The number of aryl methyl sites for hydroxylation is 1. The second-order valence-corrected chi connectivity index (χ2v) is 6.54. The van der Waals surface area contributed by atoms with Crippen LogP contribution in [0.25, 0.3) is 10.2 Å². The van der Waals surface area contributed by atoms with Crippen molar-refractivity contribution >= 4 is 33.2 Å². The number of hydrogen-bond donors (Lipinski definition) is 1. The Bertz CT molecular complexity index is 518. The van der Waals surface area contributed by atoms with E-state index in [2.05, 4.69) is 11.9 Å². The maximum absolute atomic E-state index is 6.00. The monoisotopic (exact) mass is 296 g/mol. The number of nitrogens with two attached hydrogens (primary N) is 1. The van der Waals surface area contributed by atoms with Gasteiger partial charge in [0.2, 0.25) is 0 Å². The van der Waals surface area contributed by atoms with Crippen LogP contribution in [0, 0.1) is 5.92 Å². The van der Waals surface area contributed by atoms with Crippen LogP contribution in [0.2, 0.25) is 5.02 Å². The van der Waals surface area contributed by atoms with Crippen molar-refractivity contribution in [2.45, 2.75) is 39.0 Å². The van der Waals surface area contributed by atoms with Gasteiger partial charge in [0.25, 0.3) is 0 Å². The van der Waals surface area contributed by atoms with E-state index in [9.17, 15) is 0 Å². The van der Waals surface area contributed by atoms with Crippen molar-refractivity contribution in [3.63, 3.8) is 0 Å². The summed E-state index contributed by atoms with van der Waals surface area (Å²) in [6, 6.07) is 5.91. The van der Waals surface area contributed by atoms with Crippen LogP contribution in [-0.2, 0) is 6.42 Å². The average molecular weight is 297 g/mol. The lowest BCUT2D eigenvalue weighted by Crippen LogP contribution is -2.09. The van der Waals surface area contributed by atoms with Crippen LogP contribution in [0.1, 0.15) is 37.6 Å². The molecule has 1 aromatic heterocycles. The molecule has 4 heteroatoms. The Labute approximate surface area is 124 Å². The summed E-state index contributed by atoms with van der Waals surface area (Å²) in [5.41, 5.74) is 6.74. The molecule has 0 radical (unpaired) electrons. The number of aromatic nitrogens is 1. The molecule has 104 valence electrons. The molecule has 0 amide bonds. The fourth-order valence-corrected chi connectivity index (χ4v) is 3.72. The lowest BCUT2D eigenvalue weighted by Gasteiger charge is -2.13. The summed E-state index contributed by atoms with van der Waals surface area (Å²) >= 11 is 7.77. The summed E-state index contributed by atoms with van der Waals surface area (Å²) in [6.07, 6.45) is 5.89. The molecule has 1 atom stereocenters. The van der Waals surface area contributed by atoms with E-state index < -0.39 is 0 Å². The van der Waals surface area contributed by atoms with Crippen LogP contribution in [0.5, 0.6) is 0 Å². The first-order valence-electron chi connectivity index (χ1n) is 6.98. The average Bonchev–Trinajstić information content (AvgIpc) is 2.78. The number of hydrogen-bond acceptors (Lipinski definition) is 3. The van der Waals surface area contributed by atoms with Gasteiger partial charge in [-0.05, 0) is 49.9 Å². The number of halogens is 1. The molecule has 19 heavy (non-hydrogen) atoms. The van der Waals surface area contributed by atoms with E-state index >= 15 is 0 Å². The molecule has 1 aromatic carbocycles. The molecule has 0 spiro atoms. The van der Waals surface area contributed by atoms with E-state index in [0.29, 0.717) is 0 Å². The molecule has 0 saturated heterocycles. The molecule has 0 aliphatic rings. The van der Waals surface area contributed by atoms with E-state index in [1.807, 2.05) is 18.2 Å². The molecule has 1 unspecified atom stereocenters. The Balaban J connectivity index is 2.00. The number of fused-ring (bicyclic) bond motifs is 1. The van der Waals surface area contributed by atoms with E-state index in [1.165, 1.54) is 29.0 Å². The molecule has 0 aliphatic heterocycles. The Morgan fingerprint density at radius 2 is 2.16 bits per heavy atom. The Morgan fingerprint density at radius 3 is 2.89 bits per heavy atom. The third kappa shape index (κ3) is 4.16. The Hall–Kier alpha value is -0.640. The molecule has 0 aliphatic carbocycles. The summed E-state index contributed by atoms with van der Waals surface area (Å²) in [5.74, 6) is 0.741. The number of rotatable bonds is 7. The summed E-state index contributed by atoms with van der Waals surface area (Å²) < 4.78 is 1.19. The van der Waals surface area contributed by atoms with E-state index in [-0.39, 0.29) is 0 Å². The number of thiazole rings is 1. The predicted octanol–water partition coefficient (Wildman–Crippen LogP) is 4.65. The standard InChI is InChI=1S/C15H21ClN2S/c1-2-3-11(8-9-17)4-7-15-18-13-6-5-12(16)10-14(13)19-15/h5-6,10-11H,2-4,7-9,17H2,1H3. The lowest BCUT2D eigenvalue weighted by atomic mass is 9.95. The van der Waals surface area contributed by atoms with Crippen LogP contribution in [0.4, 0.5) is 0 Å². The van der Waals surface area contributed by atoms with Crippen molar-refractivity contribution in [2.75, 3.05) is 6.54 Å². The molecule has 2 nitrogen and oxygen atoms in total. The van der Waals surface area contributed by atoms with E-state index in [0.717, 1.165) is 35.8 Å². The predicted molar refractivity (Wildman–Crippen MR) is 85.0 cm³/mol. The Kier molecular flexibility index (Phi) is 5.61. The molecule has 1 heterocycles. The SMILES string of the molecule is CCCC(CCN)CCc1nc2ccc(Cl)cc2s1. The fraction of sp³-hybridized carbons (Fsp3) is 0.533. The quantitative estimate of drug-likeness (QED) is 0.808. The van der Waals surface area contributed by atoms with Gasteiger partial charge >= 0.3 is 0 Å². The van der Waals surface area contributed by atoms with Crippen molar-refractivity contribution in [1.29, 1.82) is 0 Å². The van der Waals surface area contributed by atoms with Crippen LogP contribution >= 0.6 is 22.9 Å². The van der Waals surface area contributed by atoms with Gasteiger partial charge in [0.05, 0.1) is 15.2 Å². The first-order valence-corrected chi connectivity index (χ1v) is 8.17. The zero-order chi connectivity index (χ0) is 13.7. The van der Waals surface area contributed by atoms with Crippen LogP contribution in [0.3, 0.4) is 0 Å². The van der Waals surface area contributed by atoms with Crippen molar-refractivity contribution in [3.05, 3.63) is 28.2 Å². The third-order valence-electron chi connectivity index (χ3n) is 3.43. The second kappa shape index (κ2) is 7.22. The minimum Gasteiger partial charge on any atom is -0.330 e. The van der Waals surface area contributed by atoms with Crippen molar-refractivity contribution < 1.29 is 0 Å². The van der Waals surface area contributed by atoms with Gasteiger partial charge < -0.3 is 5.73 Å². The first kappa shape index (κ1) is 14.8. The lowest BCUT2D eigenvalue weighted by molar-refractivity contribution is 0.421. The van der Waals surface area contributed by atoms with Gasteiger partial charge in [-0.2, -0.15) is 0 Å². The summed E-state index contributed by atoms with van der Waals surface area (Å²) in [4.78, 5) is 4.67. The third-order valence-corrected chi connectivity index (χ3v) is 4.75. The van der Waals surface area contributed by atoms with Gasteiger partial charge in [0.15, 0.2) is 0 Å².